The SMILES string of the molecule is CC(C)(C)C.CC(C)C.CCC(C)C.CCC(C)CC.CCCC(C)CC.CCCC(C)CCC. The van der Waals surface area contributed by atoms with Gasteiger partial charge in [-0.25, -0.2) is 0 Å². The first-order chi connectivity index (χ1) is 15.9. The van der Waals surface area contributed by atoms with E-state index in [-0.39, 0.29) is 0 Å². The molecule has 0 spiro atoms. The van der Waals surface area contributed by atoms with Crippen molar-refractivity contribution in [3.05, 3.63) is 0 Å². The molecule has 0 aromatic carbocycles. The van der Waals surface area contributed by atoms with Crippen molar-refractivity contribution < 1.29 is 0 Å². The topological polar surface area (TPSA) is 0 Å². The first-order valence-electron chi connectivity index (χ1n) is 15.9. The van der Waals surface area contributed by atoms with Crippen LogP contribution in [0.25, 0.3) is 0 Å². The molecular formula is C35H82. The Bertz CT molecular complexity index is 275. The molecule has 0 heteroatoms. The van der Waals surface area contributed by atoms with E-state index in [0.29, 0.717) is 5.41 Å². The largest absolute Gasteiger partial charge is 0.0654 e. The molecule has 222 valence electrons. The van der Waals surface area contributed by atoms with Gasteiger partial charge in [0, 0.05) is 0 Å². The maximum atomic E-state index is 2.34. The lowest BCUT2D eigenvalue weighted by atomic mass is 10.0. The summed E-state index contributed by atoms with van der Waals surface area (Å²) in [6.45, 7) is 42.3. The molecule has 0 saturated carbocycles. The Hall–Kier alpha value is 0. The third-order valence-corrected chi connectivity index (χ3v) is 5.25. The summed E-state index contributed by atoms with van der Waals surface area (Å²) < 4.78 is 0. The molecule has 0 bridgehead atoms. The minimum Gasteiger partial charge on any atom is -0.0654 e. The second-order valence-corrected chi connectivity index (χ2v) is 13.4. The van der Waals surface area contributed by atoms with Crippen LogP contribution in [0.15, 0.2) is 0 Å². The van der Waals surface area contributed by atoms with Gasteiger partial charge in [-0.2, -0.15) is 0 Å². The number of hydrogen-bond acceptors (Lipinski definition) is 0. The molecule has 0 aliphatic carbocycles. The Morgan fingerprint density at radius 3 is 0.686 bits per heavy atom. The van der Waals surface area contributed by atoms with Gasteiger partial charge >= 0.3 is 0 Å². The van der Waals surface area contributed by atoms with Crippen LogP contribution in [-0.2, 0) is 0 Å². The van der Waals surface area contributed by atoms with Crippen molar-refractivity contribution in [1.82, 2.24) is 0 Å². The number of hydrogen-bond donors (Lipinski definition) is 0. The Balaban J connectivity index is -0.0000000732. The first-order valence-corrected chi connectivity index (χ1v) is 15.9. The molecule has 0 aliphatic heterocycles. The predicted octanol–water partition coefficient (Wildman–Crippen LogP) is 14.3. The molecule has 0 aromatic heterocycles. The van der Waals surface area contributed by atoms with Crippen molar-refractivity contribution in [1.29, 1.82) is 0 Å². The highest BCUT2D eigenvalue weighted by molar-refractivity contribution is 4.49. The van der Waals surface area contributed by atoms with Crippen molar-refractivity contribution in [3.63, 3.8) is 0 Å². The van der Waals surface area contributed by atoms with E-state index in [1.807, 2.05) is 0 Å². The summed E-state index contributed by atoms with van der Waals surface area (Å²) in [6, 6.07) is 0. The minimum atomic E-state index is 0.500. The van der Waals surface area contributed by atoms with Crippen molar-refractivity contribution in [2.45, 2.75) is 196 Å². The van der Waals surface area contributed by atoms with Gasteiger partial charge in [0.2, 0.25) is 0 Å². The number of rotatable bonds is 10. The van der Waals surface area contributed by atoms with Crippen molar-refractivity contribution in [2.24, 2.45) is 35.0 Å². The van der Waals surface area contributed by atoms with E-state index in [1.54, 1.807) is 0 Å². The third kappa shape index (κ3) is 120. The standard InChI is InChI=1S/C8H18.C7H16.C6H14.2C5H12.C4H10/c1-4-6-8(3)7-5-2;1-4-6-7(3)5-2;1-4-6(3)5-2;1-5(2,3)4;1-4-5(2)3;1-4(2)3/h8H,4-7H2,1-3H3;7H,4-6H2,1-3H3;6H,4-5H2,1-3H3;1-4H3;5H,4H2,1-3H3;4H,1-3H3. The Morgan fingerprint density at radius 1 is 0.400 bits per heavy atom. The van der Waals surface area contributed by atoms with Crippen LogP contribution in [-0.4, -0.2) is 0 Å². The summed E-state index contributed by atoms with van der Waals surface area (Å²) >= 11 is 0. The van der Waals surface area contributed by atoms with E-state index in [4.69, 9.17) is 0 Å². The monoisotopic (exact) mass is 503 g/mol. The molecule has 0 nitrogen and oxygen atoms in total. The second-order valence-electron chi connectivity index (χ2n) is 13.4. The average molecular weight is 503 g/mol. The molecule has 0 aromatic rings. The van der Waals surface area contributed by atoms with Crippen LogP contribution in [0, 0.1) is 35.0 Å². The quantitative estimate of drug-likeness (QED) is 0.278. The van der Waals surface area contributed by atoms with Crippen LogP contribution < -0.4 is 0 Å². The lowest BCUT2D eigenvalue weighted by Crippen LogP contribution is -1.93. The van der Waals surface area contributed by atoms with Gasteiger partial charge in [0.05, 0.1) is 0 Å². The third-order valence-electron chi connectivity index (χ3n) is 5.25. The van der Waals surface area contributed by atoms with Crippen LogP contribution in [0.1, 0.15) is 196 Å². The molecule has 0 rings (SSSR count). The zero-order valence-electron chi connectivity index (χ0n) is 29.5. The fourth-order valence-corrected chi connectivity index (χ4v) is 2.12. The second kappa shape index (κ2) is 38.5. The van der Waals surface area contributed by atoms with Crippen molar-refractivity contribution in [2.75, 3.05) is 0 Å². The highest BCUT2D eigenvalue weighted by Crippen LogP contribution is 2.11. The van der Waals surface area contributed by atoms with E-state index in [0.717, 1.165) is 29.6 Å². The zero-order valence-corrected chi connectivity index (χ0v) is 29.5. The summed E-state index contributed by atoms with van der Waals surface area (Å²) in [7, 11) is 0. The lowest BCUT2D eigenvalue weighted by Gasteiger charge is -2.05. The summed E-state index contributed by atoms with van der Waals surface area (Å²) in [4.78, 5) is 0. The lowest BCUT2D eigenvalue weighted by molar-refractivity contribution is 0.469. The van der Waals surface area contributed by atoms with Gasteiger partial charge in [-0.15, -0.1) is 0 Å². The van der Waals surface area contributed by atoms with E-state index in [2.05, 4.69) is 132 Å². The Morgan fingerprint density at radius 2 is 0.600 bits per heavy atom. The first kappa shape index (κ1) is 48.1. The fourth-order valence-electron chi connectivity index (χ4n) is 2.12. The Labute approximate surface area is 230 Å². The maximum absolute atomic E-state index is 2.34. The molecule has 0 heterocycles. The molecule has 0 radical (unpaired) electrons. The van der Waals surface area contributed by atoms with Crippen molar-refractivity contribution in [3.8, 4) is 0 Å². The molecule has 0 aliphatic rings. The molecule has 35 heavy (non-hydrogen) atoms. The van der Waals surface area contributed by atoms with Gasteiger partial charge < -0.3 is 0 Å². The molecule has 0 amide bonds. The van der Waals surface area contributed by atoms with E-state index in [9.17, 15) is 0 Å². The maximum Gasteiger partial charge on any atom is -0.0411 e. The van der Waals surface area contributed by atoms with Crippen LogP contribution >= 0.6 is 0 Å². The highest BCUT2D eigenvalue weighted by atomic mass is 14.0. The smallest absolute Gasteiger partial charge is 0.0411 e. The van der Waals surface area contributed by atoms with Gasteiger partial charge in [0.15, 0.2) is 0 Å². The average Bonchev–Trinajstić information content (AvgIpc) is 2.73. The van der Waals surface area contributed by atoms with E-state index >= 15 is 0 Å². The van der Waals surface area contributed by atoms with Gasteiger partial charge in [0.1, 0.15) is 0 Å². The van der Waals surface area contributed by atoms with E-state index in [1.165, 1.54) is 64.2 Å². The van der Waals surface area contributed by atoms with E-state index < -0.39 is 0 Å². The minimum absolute atomic E-state index is 0.500. The van der Waals surface area contributed by atoms with Crippen molar-refractivity contribution >= 4 is 0 Å². The Kier molecular flexibility index (Phi) is 53.0. The molecule has 0 N–H and O–H groups in total. The van der Waals surface area contributed by atoms with Crippen LogP contribution in [0.4, 0.5) is 0 Å². The molecule has 0 saturated heterocycles. The summed E-state index contributed by atoms with van der Waals surface area (Å²) in [6.07, 6.45) is 13.6. The van der Waals surface area contributed by atoms with Crippen LogP contribution in [0.2, 0.25) is 0 Å². The fraction of sp³-hybridized carbons (Fsp3) is 1.00. The summed E-state index contributed by atoms with van der Waals surface area (Å²) in [5, 5.41) is 0. The van der Waals surface area contributed by atoms with Crippen LogP contribution in [0.5, 0.6) is 0 Å². The van der Waals surface area contributed by atoms with Crippen LogP contribution in [0.3, 0.4) is 0 Å². The molecule has 1 unspecified atom stereocenters. The van der Waals surface area contributed by atoms with Gasteiger partial charge in [-0.3, -0.25) is 0 Å². The van der Waals surface area contributed by atoms with Gasteiger partial charge in [-0.1, -0.05) is 196 Å². The van der Waals surface area contributed by atoms with Gasteiger partial charge in [0.25, 0.3) is 0 Å². The highest BCUT2D eigenvalue weighted by Gasteiger charge is 1.96. The zero-order chi connectivity index (χ0) is 29.5. The summed E-state index contributed by atoms with van der Waals surface area (Å²) in [5.74, 6) is 4.56. The normalized spacial score (nSPS) is 11.1. The molecule has 1 atom stereocenters. The molecule has 0 fully saturated rings. The predicted molar refractivity (Wildman–Crippen MR) is 174 cm³/mol. The molecular weight excluding hydrogens is 420 g/mol. The summed E-state index contributed by atoms with van der Waals surface area (Å²) in [5.41, 5.74) is 0.500. The van der Waals surface area contributed by atoms with Gasteiger partial charge in [-0.05, 0) is 35.0 Å².